The Morgan fingerprint density at radius 3 is 2.50 bits per heavy atom. The number of fused-ring (bicyclic) bond motifs is 2. The van der Waals surface area contributed by atoms with E-state index < -0.39 is 6.10 Å². The van der Waals surface area contributed by atoms with Gasteiger partial charge in [-0.3, -0.25) is 14.5 Å². The first-order chi connectivity index (χ1) is 22.3. The van der Waals surface area contributed by atoms with Crippen LogP contribution in [0.15, 0.2) is 65.4 Å². The first kappa shape index (κ1) is 31.5. The molecule has 9 heteroatoms. The molecule has 0 radical (unpaired) electrons. The number of Topliss-reactive ketones (excluding diaryl/α,β-unsaturated/α-hetero) is 1. The van der Waals surface area contributed by atoms with Crippen molar-refractivity contribution in [1.29, 1.82) is 0 Å². The Kier molecular flexibility index (Phi) is 9.51. The van der Waals surface area contributed by atoms with Crippen molar-refractivity contribution in [1.82, 2.24) is 14.8 Å². The summed E-state index contributed by atoms with van der Waals surface area (Å²) in [7, 11) is 1.60. The van der Waals surface area contributed by atoms with Gasteiger partial charge in [0, 0.05) is 50.3 Å². The lowest BCUT2D eigenvalue weighted by Crippen LogP contribution is -2.37. The second-order valence-electron chi connectivity index (χ2n) is 12.3. The number of aliphatic hydroxyl groups excluding tert-OH is 1. The molecule has 1 aromatic heterocycles. The number of hydrogen-bond donors (Lipinski definition) is 1. The lowest BCUT2D eigenvalue weighted by atomic mass is 9.93. The predicted molar refractivity (Wildman–Crippen MR) is 173 cm³/mol. The third-order valence-electron chi connectivity index (χ3n) is 9.26. The molecule has 9 nitrogen and oxygen atoms in total. The van der Waals surface area contributed by atoms with E-state index in [0.29, 0.717) is 56.0 Å². The van der Waals surface area contributed by atoms with Crippen LogP contribution in [0.2, 0.25) is 0 Å². The van der Waals surface area contributed by atoms with E-state index in [9.17, 15) is 14.7 Å². The number of carbonyl (C=O) groups is 2. The lowest BCUT2D eigenvalue weighted by Gasteiger charge is -2.31. The molecule has 1 amide bonds. The molecule has 3 heterocycles. The third-order valence-corrected chi connectivity index (χ3v) is 9.26. The van der Waals surface area contributed by atoms with Crippen LogP contribution >= 0.6 is 0 Å². The van der Waals surface area contributed by atoms with E-state index in [1.54, 1.807) is 31.4 Å². The fourth-order valence-corrected chi connectivity index (χ4v) is 6.45. The second kappa shape index (κ2) is 13.9. The van der Waals surface area contributed by atoms with Gasteiger partial charge in [-0.2, -0.15) is 0 Å². The molecular formula is C37H41N3O6. The number of β-amino-alcohol motifs (C(OH)–C–C–N with tert-alkyl or cyclic N) is 1. The molecule has 1 atom stereocenters. The highest BCUT2D eigenvalue weighted by molar-refractivity contribution is 5.96. The number of carbonyl (C=O) groups excluding carboxylic acids is 2. The highest BCUT2D eigenvalue weighted by atomic mass is 16.5. The number of aryl methyl sites for hydroxylation is 1. The molecule has 46 heavy (non-hydrogen) atoms. The van der Waals surface area contributed by atoms with Crippen molar-refractivity contribution in [2.45, 2.75) is 65.3 Å². The topological polar surface area (TPSA) is 105 Å². The maximum atomic E-state index is 13.1. The number of ether oxygens (including phenoxy) is 2. The average Bonchev–Trinajstić information content (AvgIpc) is 3.50. The van der Waals surface area contributed by atoms with E-state index in [4.69, 9.17) is 13.9 Å². The van der Waals surface area contributed by atoms with Gasteiger partial charge in [-0.05, 0) is 97.3 Å². The van der Waals surface area contributed by atoms with Crippen molar-refractivity contribution in [2.24, 2.45) is 0 Å². The van der Waals surface area contributed by atoms with Crippen LogP contribution < -0.4 is 9.47 Å². The summed E-state index contributed by atoms with van der Waals surface area (Å²) in [6, 6.07) is 17.1. The van der Waals surface area contributed by atoms with Crippen molar-refractivity contribution in [2.75, 3.05) is 26.7 Å². The molecule has 240 valence electrons. The van der Waals surface area contributed by atoms with Crippen molar-refractivity contribution in [3.05, 3.63) is 111 Å². The summed E-state index contributed by atoms with van der Waals surface area (Å²) in [5.74, 6) is 2.32. The largest absolute Gasteiger partial charge is 0.497 e. The van der Waals surface area contributed by atoms with E-state index in [0.717, 1.165) is 53.4 Å². The minimum atomic E-state index is -0.588. The van der Waals surface area contributed by atoms with Crippen LogP contribution in [0.4, 0.5) is 0 Å². The smallest absolute Gasteiger partial charge is 0.254 e. The van der Waals surface area contributed by atoms with Gasteiger partial charge < -0.3 is 23.9 Å². The van der Waals surface area contributed by atoms with E-state index in [1.807, 2.05) is 36.1 Å². The summed E-state index contributed by atoms with van der Waals surface area (Å²) in [6.07, 6.45) is 3.13. The van der Waals surface area contributed by atoms with E-state index in [1.165, 1.54) is 17.5 Å². The number of amides is 1. The minimum absolute atomic E-state index is 0.0114. The zero-order valence-corrected chi connectivity index (χ0v) is 26.8. The number of hydrogen-bond acceptors (Lipinski definition) is 8. The highest BCUT2D eigenvalue weighted by Gasteiger charge is 2.24. The Morgan fingerprint density at radius 2 is 1.74 bits per heavy atom. The number of rotatable bonds is 11. The molecule has 1 N–H and O–H groups in total. The molecule has 0 saturated heterocycles. The van der Waals surface area contributed by atoms with Gasteiger partial charge in [0.1, 0.15) is 18.1 Å². The molecule has 0 bridgehead atoms. The molecular weight excluding hydrogens is 582 g/mol. The fraction of sp³-hybridized carbons (Fsp3) is 0.378. The van der Waals surface area contributed by atoms with Gasteiger partial charge in [0.25, 0.3) is 5.91 Å². The van der Waals surface area contributed by atoms with Crippen LogP contribution in [0.1, 0.15) is 72.8 Å². The summed E-state index contributed by atoms with van der Waals surface area (Å²) in [5, 5.41) is 10.9. The molecule has 0 saturated carbocycles. The van der Waals surface area contributed by atoms with Gasteiger partial charge in [0.15, 0.2) is 17.9 Å². The lowest BCUT2D eigenvalue weighted by molar-refractivity contribution is 0.0734. The Labute approximate surface area is 269 Å². The highest BCUT2D eigenvalue weighted by Crippen LogP contribution is 2.30. The van der Waals surface area contributed by atoms with Crippen molar-refractivity contribution < 1.29 is 28.6 Å². The number of aromatic nitrogens is 1. The Hall–Kier alpha value is -4.47. The Balaban J connectivity index is 0.978. The van der Waals surface area contributed by atoms with Gasteiger partial charge in [0.05, 0.1) is 18.9 Å². The zero-order valence-electron chi connectivity index (χ0n) is 26.8. The van der Waals surface area contributed by atoms with Crippen molar-refractivity contribution in [3.8, 4) is 11.5 Å². The summed E-state index contributed by atoms with van der Waals surface area (Å²) in [4.78, 5) is 34.3. The van der Waals surface area contributed by atoms with Crippen LogP contribution in [0, 0.1) is 13.8 Å². The fourth-order valence-electron chi connectivity index (χ4n) is 6.45. The summed E-state index contributed by atoms with van der Waals surface area (Å²) < 4.78 is 16.6. The first-order valence-corrected chi connectivity index (χ1v) is 15.9. The summed E-state index contributed by atoms with van der Waals surface area (Å²) in [5.41, 5.74) is 7.99. The minimum Gasteiger partial charge on any atom is -0.497 e. The number of ketones is 1. The molecule has 3 aromatic carbocycles. The quantitative estimate of drug-likeness (QED) is 0.220. The second-order valence-corrected chi connectivity index (χ2v) is 12.3. The number of aliphatic hydroxyl groups is 1. The van der Waals surface area contributed by atoms with Crippen LogP contribution in [0.5, 0.6) is 11.5 Å². The molecule has 4 aromatic rings. The molecule has 2 aliphatic heterocycles. The number of methoxy groups -OCH3 is 1. The average molecular weight is 624 g/mol. The van der Waals surface area contributed by atoms with Crippen LogP contribution in [0.25, 0.3) is 0 Å². The summed E-state index contributed by atoms with van der Waals surface area (Å²) in [6.45, 7) is 7.58. The number of nitrogens with zero attached hydrogens (tertiary/aromatic N) is 3. The monoisotopic (exact) mass is 623 g/mol. The maximum Gasteiger partial charge on any atom is 0.254 e. The molecule has 0 fully saturated rings. The first-order valence-electron chi connectivity index (χ1n) is 15.9. The van der Waals surface area contributed by atoms with Gasteiger partial charge in [-0.1, -0.05) is 18.2 Å². The number of benzene rings is 3. The third kappa shape index (κ3) is 7.00. The SMILES string of the molecule is COc1ccc(C(=O)N2CCc3cc(C(=O)CC[C@H](O)CN4CCc5c(ccc(OCc6ocnc6C)c5C)C4)ccc3C2)cc1. The van der Waals surface area contributed by atoms with Crippen molar-refractivity contribution >= 4 is 11.7 Å². The zero-order chi connectivity index (χ0) is 32.2. The van der Waals surface area contributed by atoms with E-state index >= 15 is 0 Å². The van der Waals surface area contributed by atoms with Gasteiger partial charge in [0.2, 0.25) is 0 Å². The normalized spacial score (nSPS) is 15.2. The van der Waals surface area contributed by atoms with Gasteiger partial charge in [-0.25, -0.2) is 4.98 Å². The predicted octanol–water partition coefficient (Wildman–Crippen LogP) is 5.46. The van der Waals surface area contributed by atoms with Crippen LogP contribution in [0.3, 0.4) is 0 Å². The molecule has 0 unspecified atom stereocenters. The van der Waals surface area contributed by atoms with E-state index in [2.05, 4.69) is 22.9 Å². The Bertz CT molecular complexity index is 1710. The molecule has 0 aliphatic carbocycles. The van der Waals surface area contributed by atoms with Crippen molar-refractivity contribution in [3.63, 3.8) is 0 Å². The Morgan fingerprint density at radius 1 is 0.957 bits per heavy atom. The molecule has 2 aliphatic rings. The van der Waals surface area contributed by atoms with Gasteiger partial charge in [-0.15, -0.1) is 0 Å². The standard InChI is InChI=1S/C37H41N3O6/c1-24-33-15-16-39(19-30(33)8-13-35(24)45-22-36-25(2)38-23-46-36)21-31(41)9-12-34(42)28-4-5-29-20-40(17-14-27(29)18-28)37(43)26-6-10-32(44-3)11-7-26/h4-8,10-11,13,18,23,31,41H,9,12,14-17,19-22H2,1-3H3/t31-/m0/s1. The molecule has 0 spiro atoms. The van der Waals surface area contributed by atoms with Crippen LogP contribution in [-0.4, -0.2) is 64.4 Å². The van der Waals surface area contributed by atoms with Crippen LogP contribution in [-0.2, 0) is 32.5 Å². The van der Waals surface area contributed by atoms with E-state index in [-0.39, 0.29) is 18.1 Å². The molecule has 6 rings (SSSR count). The summed E-state index contributed by atoms with van der Waals surface area (Å²) >= 11 is 0. The van der Waals surface area contributed by atoms with Gasteiger partial charge >= 0.3 is 0 Å². The number of oxazole rings is 1. The maximum absolute atomic E-state index is 13.1.